The molecular formula is C59H90N14O14S. The van der Waals surface area contributed by atoms with Gasteiger partial charge in [-0.05, 0) is 125 Å². The van der Waals surface area contributed by atoms with Crippen molar-refractivity contribution in [2.24, 2.45) is 28.1 Å². The highest BCUT2D eigenvalue weighted by atomic mass is 32.2. The molecule has 0 aromatic heterocycles. The second-order valence-electron chi connectivity index (χ2n) is 22.5. The maximum Gasteiger partial charge on any atom is 0.326 e. The first kappa shape index (κ1) is 72.4. The fourth-order valence-electron chi connectivity index (χ4n) is 10.3. The number of nitrogens with one attached hydrogen (secondary N) is 8. The number of guanidine groups is 1. The van der Waals surface area contributed by atoms with Gasteiger partial charge in [0.05, 0.1) is 6.61 Å². The molecule has 2 aliphatic heterocycles. The van der Waals surface area contributed by atoms with Crippen molar-refractivity contribution in [1.82, 2.24) is 52.3 Å². The number of aliphatic hydroxyl groups excluding tert-OH is 1. The summed E-state index contributed by atoms with van der Waals surface area (Å²) in [6.07, 6.45) is 4.40. The number of carbonyl (C=O) groups is 11. The molecule has 2 fully saturated rings. The third kappa shape index (κ3) is 23.6. The summed E-state index contributed by atoms with van der Waals surface area (Å²) in [5, 5.41) is 50.9. The monoisotopic (exact) mass is 1250 g/mol. The van der Waals surface area contributed by atoms with Crippen molar-refractivity contribution in [3.05, 3.63) is 65.7 Å². The third-order valence-corrected chi connectivity index (χ3v) is 15.6. The number of carbonyl (C=O) groups excluding carboxylic acids is 10. The Bertz CT molecular complexity index is 2720. The lowest BCUT2D eigenvalue weighted by Gasteiger charge is -2.32. The summed E-state index contributed by atoms with van der Waals surface area (Å²) >= 11 is 1.42. The SMILES string of the molecule is CSCC[C@H](NC(=O)[C@@H]1CCCN1C(=O)[C@H](CCCCN)NC(=O)C(Cc1ccccc1)NC(=O)[C@H](CO)NC(=O)[C@H](Cc1ccc(O)cc1)NC(C)=O)C(=O)N1CCC[C@H]1C(=O)N[C@@H](CC(C)C)C(=O)N[C@H](C)C(=O)N[C@@H](CCCN=C(N)N)C(=O)O. The van der Waals surface area contributed by atoms with Gasteiger partial charge >= 0.3 is 5.97 Å². The molecule has 0 bridgehead atoms. The zero-order chi connectivity index (χ0) is 65.0. The van der Waals surface area contributed by atoms with Gasteiger partial charge in [-0.1, -0.05) is 56.3 Å². The number of aliphatic imine (C=N–C) groups is 1. The van der Waals surface area contributed by atoms with Gasteiger partial charge in [0, 0.05) is 39.4 Å². The number of benzene rings is 2. The molecule has 2 heterocycles. The van der Waals surface area contributed by atoms with Crippen molar-refractivity contribution in [3.8, 4) is 5.75 Å². The minimum Gasteiger partial charge on any atom is -0.508 e. The zero-order valence-corrected chi connectivity index (χ0v) is 51.6. The molecule has 486 valence electrons. The summed E-state index contributed by atoms with van der Waals surface area (Å²) in [5.41, 5.74) is 17.7. The van der Waals surface area contributed by atoms with Gasteiger partial charge in [-0.15, -0.1) is 0 Å². The van der Waals surface area contributed by atoms with Crippen molar-refractivity contribution >= 4 is 82.8 Å². The minimum atomic E-state index is -1.61. The van der Waals surface area contributed by atoms with Gasteiger partial charge in [-0.2, -0.15) is 11.8 Å². The maximum atomic E-state index is 14.8. The Morgan fingerprint density at radius 1 is 0.602 bits per heavy atom. The Labute approximate surface area is 517 Å². The first-order valence-electron chi connectivity index (χ1n) is 29.8. The average Bonchev–Trinajstić information content (AvgIpc) is 3.30. The number of unbranched alkanes of at least 4 members (excludes halogenated alkanes) is 1. The van der Waals surface area contributed by atoms with Crippen LogP contribution in [-0.4, -0.2) is 201 Å². The molecule has 4 rings (SSSR count). The van der Waals surface area contributed by atoms with E-state index in [9.17, 15) is 68.1 Å². The predicted octanol–water partition coefficient (Wildman–Crippen LogP) is -1.86. The van der Waals surface area contributed by atoms with Crippen LogP contribution in [0.2, 0.25) is 0 Å². The lowest BCUT2D eigenvalue weighted by Crippen LogP contribution is -2.61. The smallest absolute Gasteiger partial charge is 0.326 e. The molecule has 88 heavy (non-hydrogen) atoms. The number of hydrogen-bond donors (Lipinski definition) is 14. The van der Waals surface area contributed by atoms with E-state index in [4.69, 9.17) is 17.2 Å². The topological polar surface area (TPSA) is 442 Å². The summed E-state index contributed by atoms with van der Waals surface area (Å²) in [6.45, 7) is 5.99. The molecule has 2 saturated heterocycles. The Balaban J connectivity index is 1.50. The summed E-state index contributed by atoms with van der Waals surface area (Å²) < 4.78 is 0. The van der Waals surface area contributed by atoms with Gasteiger partial charge in [0.1, 0.15) is 66.2 Å². The lowest BCUT2D eigenvalue weighted by molar-refractivity contribution is -0.145. The van der Waals surface area contributed by atoms with E-state index in [1.165, 1.54) is 47.5 Å². The Morgan fingerprint density at radius 3 is 1.61 bits per heavy atom. The number of aliphatic hydroxyl groups is 1. The van der Waals surface area contributed by atoms with Crippen LogP contribution in [-0.2, 0) is 65.6 Å². The molecular weight excluding hydrogens is 1160 g/mol. The van der Waals surface area contributed by atoms with E-state index < -0.39 is 132 Å². The molecule has 17 N–H and O–H groups in total. The average molecular weight is 1250 g/mol. The second kappa shape index (κ2) is 36.9. The van der Waals surface area contributed by atoms with Crippen molar-refractivity contribution in [2.45, 2.75) is 172 Å². The number of hydrogen-bond acceptors (Lipinski definition) is 16. The van der Waals surface area contributed by atoms with E-state index in [-0.39, 0.29) is 102 Å². The number of aromatic hydroxyl groups is 1. The lowest BCUT2D eigenvalue weighted by atomic mass is 10.0. The molecule has 10 amide bonds. The molecule has 2 aromatic rings. The molecule has 28 nitrogen and oxygen atoms in total. The molecule has 10 atom stereocenters. The summed E-state index contributed by atoms with van der Waals surface area (Å²) in [7, 11) is 0. The fourth-order valence-corrected chi connectivity index (χ4v) is 10.8. The van der Waals surface area contributed by atoms with Gasteiger partial charge < -0.3 is 84.9 Å². The molecule has 1 unspecified atom stereocenters. The molecule has 2 aromatic carbocycles. The predicted molar refractivity (Wildman–Crippen MR) is 328 cm³/mol. The van der Waals surface area contributed by atoms with Gasteiger partial charge in [0.15, 0.2) is 5.96 Å². The van der Waals surface area contributed by atoms with Crippen molar-refractivity contribution < 1.29 is 68.1 Å². The van der Waals surface area contributed by atoms with Crippen LogP contribution in [0.3, 0.4) is 0 Å². The van der Waals surface area contributed by atoms with Crippen LogP contribution in [0, 0.1) is 5.92 Å². The van der Waals surface area contributed by atoms with Crippen LogP contribution in [0.15, 0.2) is 59.6 Å². The molecule has 0 radical (unpaired) electrons. The van der Waals surface area contributed by atoms with Crippen molar-refractivity contribution in [2.75, 3.05) is 44.8 Å². The molecule has 0 saturated carbocycles. The quantitative estimate of drug-likeness (QED) is 0.0202. The van der Waals surface area contributed by atoms with Crippen molar-refractivity contribution in [1.29, 1.82) is 0 Å². The zero-order valence-electron chi connectivity index (χ0n) is 50.8. The van der Waals surface area contributed by atoms with Crippen LogP contribution < -0.4 is 59.7 Å². The Kier molecular flexibility index (Phi) is 30.4. The van der Waals surface area contributed by atoms with Gasteiger partial charge in [-0.3, -0.25) is 52.9 Å². The van der Waals surface area contributed by atoms with Gasteiger partial charge in [0.25, 0.3) is 0 Å². The number of rotatable bonds is 36. The number of phenols is 1. The highest BCUT2D eigenvalue weighted by molar-refractivity contribution is 7.98. The van der Waals surface area contributed by atoms with Crippen LogP contribution in [0.1, 0.15) is 109 Å². The number of nitrogens with two attached hydrogens (primary N) is 3. The first-order valence-corrected chi connectivity index (χ1v) is 31.2. The summed E-state index contributed by atoms with van der Waals surface area (Å²) in [5.74, 6) is -8.26. The summed E-state index contributed by atoms with van der Waals surface area (Å²) in [6, 6.07) is 2.16. The van der Waals surface area contributed by atoms with Crippen LogP contribution in [0.5, 0.6) is 5.75 Å². The normalized spacial score (nSPS) is 17.3. The first-order chi connectivity index (χ1) is 41.9. The number of thioether (sulfide) groups is 1. The third-order valence-electron chi connectivity index (χ3n) is 14.9. The molecule has 0 spiro atoms. The highest BCUT2D eigenvalue weighted by Crippen LogP contribution is 2.24. The number of nitrogens with zero attached hydrogens (tertiary/aromatic N) is 3. The highest BCUT2D eigenvalue weighted by Gasteiger charge is 2.43. The summed E-state index contributed by atoms with van der Waals surface area (Å²) in [4.78, 5) is 158. The molecule has 29 heteroatoms. The van der Waals surface area contributed by atoms with Crippen LogP contribution in [0.25, 0.3) is 0 Å². The van der Waals surface area contributed by atoms with E-state index in [1.807, 2.05) is 20.1 Å². The number of amides is 10. The second-order valence-corrected chi connectivity index (χ2v) is 23.4. The van der Waals surface area contributed by atoms with Crippen molar-refractivity contribution in [3.63, 3.8) is 0 Å². The number of aliphatic carboxylic acids is 1. The standard InChI is InChI=1S/C59H90N14O14S/c1-34(2)30-43(50(78)64-35(3)49(77)68-42(58(86)87)17-11-26-63-59(61)62)70-55(83)48-19-13-28-73(48)57(85)41(24-29-88-5)67-54(82)47-18-12-27-72(47)56(84)40(16-9-10-25-60)66-52(80)45(31-37-14-7-6-8-15-37)69-53(81)46(33-74)71-51(79)44(65-36(4)75)32-38-20-22-39(76)23-21-38/h6-8,14-15,20-23,34-35,40-48,74,76H,9-13,16-19,24-33,60H2,1-5H3,(H,64,78)(H,65,75)(H,66,80)(H,67,82)(H,68,77)(H,69,81)(H,70,83)(H,71,79)(H,86,87)(H4,61,62,63)/t35-,40+,41+,42+,43+,44+,45?,46+,47+,48+/m1/s1. The Hall–Kier alpha value is -8.05. The fraction of sp³-hybridized carbons (Fsp3) is 0.593. The van der Waals surface area contributed by atoms with E-state index in [0.717, 1.165) is 0 Å². The van der Waals surface area contributed by atoms with E-state index in [1.54, 1.807) is 42.5 Å². The van der Waals surface area contributed by atoms with E-state index >= 15 is 0 Å². The maximum absolute atomic E-state index is 14.8. The van der Waals surface area contributed by atoms with E-state index in [0.29, 0.717) is 42.6 Å². The number of likely N-dealkylation sites (tertiary alicyclic amines) is 2. The van der Waals surface area contributed by atoms with Gasteiger partial charge in [0.2, 0.25) is 59.1 Å². The minimum absolute atomic E-state index is 0.000602. The molecule has 0 aliphatic carbocycles. The molecule has 2 aliphatic rings. The van der Waals surface area contributed by atoms with Gasteiger partial charge in [-0.25, -0.2) is 4.79 Å². The number of phenolic OH excluding ortho intramolecular Hbond substituents is 1. The van der Waals surface area contributed by atoms with Crippen LogP contribution >= 0.6 is 11.8 Å². The van der Waals surface area contributed by atoms with Crippen LogP contribution in [0.4, 0.5) is 0 Å². The Morgan fingerprint density at radius 2 is 1.09 bits per heavy atom. The largest absolute Gasteiger partial charge is 0.508 e. The number of carboxylic acids is 1. The van der Waals surface area contributed by atoms with E-state index in [2.05, 4.69) is 47.5 Å². The number of carboxylic acid groups (broad SMARTS) is 1.